The number of hydrogen-bond acceptors (Lipinski definition) is 7. The van der Waals surface area contributed by atoms with E-state index >= 15 is 0 Å². The molecule has 5 aromatic rings. The molecule has 10 nitrogen and oxygen atoms in total. The van der Waals surface area contributed by atoms with Crippen LogP contribution in [0, 0.1) is 18.6 Å². The molecule has 0 aliphatic rings. The number of benzene rings is 3. The van der Waals surface area contributed by atoms with Crippen LogP contribution >= 0.6 is 0 Å². The number of aliphatic hydroxyl groups is 1. The quantitative estimate of drug-likeness (QED) is 0.242. The van der Waals surface area contributed by atoms with Crippen LogP contribution < -0.4 is 5.69 Å². The highest BCUT2D eigenvalue weighted by molar-refractivity contribution is 5.95. The van der Waals surface area contributed by atoms with Crippen LogP contribution in [0.2, 0.25) is 0 Å². The van der Waals surface area contributed by atoms with Gasteiger partial charge in [0, 0.05) is 30.3 Å². The van der Waals surface area contributed by atoms with Crippen LogP contribution in [0.15, 0.2) is 90.5 Å². The highest BCUT2D eigenvalue weighted by Crippen LogP contribution is 2.28. The Labute approximate surface area is 240 Å². The van der Waals surface area contributed by atoms with E-state index in [2.05, 4.69) is 15.2 Å². The van der Waals surface area contributed by atoms with Crippen molar-refractivity contribution >= 4 is 5.78 Å². The zero-order valence-corrected chi connectivity index (χ0v) is 23.1. The molecule has 0 aliphatic carbocycles. The summed E-state index contributed by atoms with van der Waals surface area (Å²) >= 11 is 0. The average Bonchev–Trinajstić information content (AvgIpc) is 3.58. The highest BCUT2D eigenvalue weighted by Gasteiger charge is 2.35. The summed E-state index contributed by atoms with van der Waals surface area (Å²) in [5, 5.41) is 19.7. The van der Waals surface area contributed by atoms with Gasteiger partial charge in [0.05, 0.1) is 12.2 Å². The number of ketones is 1. The van der Waals surface area contributed by atoms with Gasteiger partial charge in [-0.05, 0) is 37.7 Å². The normalized spacial score (nSPS) is 12.9. The third-order valence-electron chi connectivity index (χ3n) is 6.92. The van der Waals surface area contributed by atoms with Crippen LogP contribution in [0.3, 0.4) is 0 Å². The van der Waals surface area contributed by atoms with E-state index in [-0.39, 0.29) is 31.0 Å². The number of nitrogens with zero attached hydrogens (tertiary/aromatic N) is 7. The number of likely N-dealkylation sites (N-methyl/N-ethyl adjacent to an activating group) is 1. The molecule has 5 rings (SSSR count). The molecule has 1 atom stereocenters. The summed E-state index contributed by atoms with van der Waals surface area (Å²) in [5.41, 5.74) is 0.727. The molecule has 1 N–H and O–H groups in total. The van der Waals surface area contributed by atoms with Crippen LogP contribution in [0.5, 0.6) is 0 Å². The maximum absolute atomic E-state index is 14.7. The Bertz CT molecular complexity index is 1730. The Hall–Kier alpha value is -4.81. The van der Waals surface area contributed by atoms with Gasteiger partial charge in [0.25, 0.3) is 0 Å². The van der Waals surface area contributed by atoms with E-state index in [1.54, 1.807) is 36.2 Å². The summed E-state index contributed by atoms with van der Waals surface area (Å²) in [6, 6.07) is 17.3. The zero-order chi connectivity index (χ0) is 29.9. The average molecular weight is 574 g/mol. The third kappa shape index (κ3) is 6.40. The molecule has 0 aliphatic heterocycles. The van der Waals surface area contributed by atoms with Gasteiger partial charge in [0.1, 0.15) is 42.8 Å². The number of hydrogen-bond donors (Lipinski definition) is 1. The lowest BCUT2D eigenvalue weighted by Gasteiger charge is -2.33. The molecule has 0 fully saturated rings. The number of Topliss-reactive ketones (excluding diaryl/α,β-unsaturated/α-hetero) is 1. The van der Waals surface area contributed by atoms with E-state index in [0.717, 1.165) is 27.9 Å². The van der Waals surface area contributed by atoms with Crippen molar-refractivity contribution in [2.45, 2.75) is 32.2 Å². The maximum atomic E-state index is 14.7. The first-order valence-corrected chi connectivity index (χ1v) is 13.1. The van der Waals surface area contributed by atoms with Gasteiger partial charge >= 0.3 is 5.69 Å². The molecule has 0 radical (unpaired) electrons. The van der Waals surface area contributed by atoms with E-state index in [4.69, 9.17) is 0 Å². The van der Waals surface area contributed by atoms with E-state index < -0.39 is 22.9 Å². The number of carbonyl (C=O) groups excluding carboxylic acids is 1. The van der Waals surface area contributed by atoms with Gasteiger partial charge in [-0.1, -0.05) is 48.0 Å². The van der Waals surface area contributed by atoms with Crippen molar-refractivity contribution in [1.82, 2.24) is 34.0 Å². The first-order chi connectivity index (χ1) is 20.1. The minimum Gasteiger partial charge on any atom is -0.382 e. The van der Waals surface area contributed by atoms with E-state index in [9.17, 15) is 23.5 Å². The van der Waals surface area contributed by atoms with Gasteiger partial charge in [-0.3, -0.25) is 9.69 Å². The summed E-state index contributed by atoms with van der Waals surface area (Å²) in [6.45, 7) is 2.03. The number of rotatable bonds is 11. The smallest absolute Gasteiger partial charge is 0.350 e. The fourth-order valence-corrected chi connectivity index (χ4v) is 4.84. The lowest BCUT2D eigenvalue weighted by molar-refractivity contribution is -0.0175. The Morgan fingerprint density at radius 2 is 1.74 bits per heavy atom. The first kappa shape index (κ1) is 28.7. The van der Waals surface area contributed by atoms with Gasteiger partial charge < -0.3 is 5.11 Å². The van der Waals surface area contributed by atoms with Gasteiger partial charge in [0.2, 0.25) is 0 Å². The van der Waals surface area contributed by atoms with Crippen molar-refractivity contribution in [1.29, 1.82) is 0 Å². The predicted octanol–water partition coefficient (Wildman–Crippen LogP) is 3.11. The number of halogens is 2. The van der Waals surface area contributed by atoms with E-state index in [0.29, 0.717) is 17.8 Å². The van der Waals surface area contributed by atoms with Crippen molar-refractivity contribution in [2.24, 2.45) is 0 Å². The van der Waals surface area contributed by atoms with Crippen LogP contribution in [0.25, 0.3) is 5.69 Å². The lowest BCUT2D eigenvalue weighted by Crippen LogP contribution is -2.43. The SMILES string of the molecule is Cc1ccc(C(=O)Cn2ncn(-c3ccc(CN(C)CC(O)(Cn4cncn4)c4ccc(F)cc4F)cc3)c2=O)cc1. The summed E-state index contributed by atoms with van der Waals surface area (Å²) in [4.78, 5) is 31.2. The molecule has 0 bridgehead atoms. The zero-order valence-electron chi connectivity index (χ0n) is 23.1. The molecule has 216 valence electrons. The van der Waals surface area contributed by atoms with Crippen LogP contribution in [-0.2, 0) is 25.2 Å². The number of aryl methyl sites for hydroxylation is 1. The van der Waals surface area contributed by atoms with E-state index in [1.165, 1.54) is 34.3 Å². The molecule has 2 aromatic heterocycles. The van der Waals surface area contributed by atoms with Gasteiger partial charge in [-0.25, -0.2) is 32.5 Å². The van der Waals surface area contributed by atoms with Crippen LogP contribution in [0.1, 0.15) is 27.0 Å². The molecule has 0 saturated carbocycles. The second-order valence-electron chi connectivity index (χ2n) is 10.3. The second kappa shape index (κ2) is 12.0. The van der Waals surface area contributed by atoms with Crippen LogP contribution in [-0.4, -0.2) is 58.5 Å². The minimum atomic E-state index is -1.74. The van der Waals surface area contributed by atoms with Crippen LogP contribution in [0.4, 0.5) is 8.78 Å². The summed E-state index contributed by atoms with van der Waals surface area (Å²) < 4.78 is 32.2. The molecule has 0 saturated heterocycles. The fraction of sp³-hybridized carbons (Fsp3) is 0.233. The standard InChI is InChI=1S/C30H29F2N7O3/c1-21-3-7-23(8-4-21)28(40)15-39-29(41)38(20-35-39)25-10-5-22(6-11-25)14-36(2)16-30(42,17-37-19-33-18-34-37)26-12-9-24(31)13-27(26)32/h3-13,18-20,42H,14-17H2,1-2H3. The topological polar surface area (TPSA) is 111 Å². The maximum Gasteiger partial charge on any atom is 0.350 e. The summed E-state index contributed by atoms with van der Waals surface area (Å²) in [7, 11) is 1.77. The Kier molecular flexibility index (Phi) is 8.18. The number of aromatic nitrogens is 6. The van der Waals surface area contributed by atoms with Crippen molar-refractivity contribution in [3.63, 3.8) is 0 Å². The number of carbonyl (C=O) groups is 1. The van der Waals surface area contributed by atoms with Gasteiger partial charge in [0.15, 0.2) is 5.78 Å². The van der Waals surface area contributed by atoms with Crippen molar-refractivity contribution in [3.05, 3.63) is 130 Å². The molecule has 1 unspecified atom stereocenters. The molecular weight excluding hydrogens is 544 g/mol. The molecule has 0 spiro atoms. The van der Waals surface area contributed by atoms with E-state index in [1.807, 2.05) is 31.2 Å². The predicted molar refractivity (Wildman–Crippen MR) is 150 cm³/mol. The minimum absolute atomic E-state index is 0.00158. The molecule has 2 heterocycles. The Morgan fingerprint density at radius 3 is 2.40 bits per heavy atom. The van der Waals surface area contributed by atoms with Gasteiger partial charge in [-0.15, -0.1) is 0 Å². The second-order valence-corrected chi connectivity index (χ2v) is 10.3. The largest absolute Gasteiger partial charge is 0.382 e. The fourth-order valence-electron chi connectivity index (χ4n) is 4.84. The van der Waals surface area contributed by atoms with Gasteiger partial charge in [-0.2, -0.15) is 10.2 Å². The lowest BCUT2D eigenvalue weighted by atomic mass is 9.92. The van der Waals surface area contributed by atoms with Crippen molar-refractivity contribution in [2.75, 3.05) is 13.6 Å². The Balaban J connectivity index is 1.28. The third-order valence-corrected chi connectivity index (χ3v) is 6.92. The monoisotopic (exact) mass is 573 g/mol. The summed E-state index contributed by atoms with van der Waals surface area (Å²) in [5.74, 6) is -1.82. The molecule has 3 aromatic carbocycles. The molecule has 42 heavy (non-hydrogen) atoms. The van der Waals surface area contributed by atoms with Crippen molar-refractivity contribution < 1.29 is 18.7 Å². The van der Waals surface area contributed by atoms with Crippen molar-refractivity contribution in [3.8, 4) is 5.69 Å². The first-order valence-electron chi connectivity index (χ1n) is 13.1. The Morgan fingerprint density at radius 1 is 1.00 bits per heavy atom. The molecule has 0 amide bonds. The molecule has 12 heteroatoms. The summed E-state index contributed by atoms with van der Waals surface area (Å²) in [6.07, 6.45) is 4.09. The molecular formula is C30H29F2N7O3. The highest BCUT2D eigenvalue weighted by atomic mass is 19.1.